The number of alkyl halides is 1. The summed E-state index contributed by atoms with van der Waals surface area (Å²) in [6.45, 7) is 8.57. The Labute approximate surface area is 159 Å². The third-order valence-corrected chi connectivity index (χ3v) is 9.44. The Hall–Kier alpha value is -1.48. The van der Waals surface area contributed by atoms with Gasteiger partial charge in [0.15, 0.2) is 0 Å². The van der Waals surface area contributed by atoms with E-state index in [-0.39, 0.29) is 11.5 Å². The molecule has 3 unspecified atom stereocenters. The van der Waals surface area contributed by atoms with Gasteiger partial charge in [0.1, 0.15) is 25.8 Å². The summed E-state index contributed by atoms with van der Waals surface area (Å²) in [5, 5.41) is 0. The first-order valence-corrected chi connectivity index (χ1v) is 12.5. The fourth-order valence-corrected chi connectivity index (χ4v) is 8.49. The van der Waals surface area contributed by atoms with E-state index in [0.29, 0.717) is 0 Å². The molecule has 1 aliphatic rings. The molecule has 0 radical (unpaired) electrons. The second-order valence-corrected chi connectivity index (χ2v) is 10.5. The summed E-state index contributed by atoms with van der Waals surface area (Å²) in [6.07, 6.45) is 12.6. The summed E-state index contributed by atoms with van der Waals surface area (Å²) in [6, 6.07) is 0. The van der Waals surface area contributed by atoms with E-state index in [4.69, 9.17) is 9.05 Å². The smallest absolute Gasteiger partial charge is 0.419 e. The van der Waals surface area contributed by atoms with Crippen LogP contribution in [-0.4, -0.2) is 6.42 Å². The first-order chi connectivity index (χ1) is 12.8. The Balaban J connectivity index is 3.38. The molecule has 27 heavy (non-hydrogen) atoms. The summed E-state index contributed by atoms with van der Waals surface area (Å²) in [5.41, 5.74) is 0. The van der Waals surface area contributed by atoms with E-state index in [2.05, 4.69) is 20.1 Å². The average Bonchev–Trinajstić information content (AvgIpc) is 2.62. The van der Waals surface area contributed by atoms with Gasteiger partial charge in [0.25, 0.3) is 0 Å². The Morgan fingerprint density at radius 3 is 2.30 bits per heavy atom. The van der Waals surface area contributed by atoms with Crippen molar-refractivity contribution < 1.29 is 21.8 Å². The van der Waals surface area contributed by atoms with Crippen molar-refractivity contribution in [1.82, 2.24) is 0 Å². The second-order valence-electron chi connectivity index (χ2n) is 4.85. The van der Waals surface area contributed by atoms with Gasteiger partial charge in [-0.05, 0) is 45.1 Å². The minimum atomic E-state index is -4.49. The summed E-state index contributed by atoms with van der Waals surface area (Å²) in [4.78, 5) is 0. The van der Waals surface area contributed by atoms with Gasteiger partial charge >= 0.3 is 15.5 Å². The van der Waals surface area contributed by atoms with Crippen LogP contribution >= 0.6 is 23.3 Å². The molecule has 150 valence electrons. The van der Waals surface area contributed by atoms with Crippen LogP contribution in [0.2, 0.25) is 0 Å². The van der Waals surface area contributed by atoms with Gasteiger partial charge in [-0.15, -0.1) is 12.9 Å². The lowest BCUT2D eigenvalue weighted by Crippen LogP contribution is -1.89. The Bertz CT molecular complexity index is 843. The van der Waals surface area contributed by atoms with Crippen molar-refractivity contribution in [2.45, 2.75) is 20.8 Å². The highest BCUT2D eigenvalue weighted by Crippen LogP contribution is 2.76. The minimum Gasteiger partial charge on any atom is -0.419 e. The molecule has 0 spiro atoms. The van der Waals surface area contributed by atoms with Gasteiger partial charge < -0.3 is 9.05 Å². The lowest BCUT2D eigenvalue weighted by Gasteiger charge is -2.21. The lowest BCUT2D eigenvalue weighted by molar-refractivity contribution is 0.434. The van der Waals surface area contributed by atoms with E-state index in [1.54, 1.807) is 39.0 Å². The van der Waals surface area contributed by atoms with Crippen LogP contribution in [0.5, 0.6) is 0 Å². The van der Waals surface area contributed by atoms with E-state index in [0.717, 1.165) is 0 Å². The quantitative estimate of drug-likeness (QED) is 0.205. The van der Waals surface area contributed by atoms with Gasteiger partial charge in [0.2, 0.25) is 0 Å². The van der Waals surface area contributed by atoms with Gasteiger partial charge in [0, 0.05) is 0 Å². The molecule has 0 saturated carbocycles. The fraction of sp³-hybridized carbons (Fsp3) is 0.250. The topological polar surface area (TPSA) is 55.5 Å². The van der Waals surface area contributed by atoms with Crippen molar-refractivity contribution in [2.75, 3.05) is 6.42 Å². The van der Waals surface area contributed by atoms with Crippen LogP contribution in [-0.2, 0) is 9.05 Å². The van der Waals surface area contributed by atoms with Gasteiger partial charge in [-0.3, -0.25) is 0 Å². The predicted octanol–water partition coefficient (Wildman–Crippen LogP) is 8.79. The zero-order valence-corrected chi connectivity index (χ0v) is 18.1. The molecule has 1 heterocycles. The summed E-state index contributed by atoms with van der Waals surface area (Å²) in [7, 11) is -11.7. The van der Waals surface area contributed by atoms with Crippen LogP contribution in [0.25, 0.3) is 0 Å². The van der Waals surface area contributed by atoms with Crippen LogP contribution in [0.4, 0.5) is 12.8 Å². The van der Waals surface area contributed by atoms with Crippen molar-refractivity contribution >= 4 is 23.3 Å². The van der Waals surface area contributed by atoms with Crippen LogP contribution in [0.3, 0.4) is 0 Å². The molecule has 3 atom stereocenters. The molecule has 0 aliphatic carbocycles. The van der Waals surface area contributed by atoms with Crippen molar-refractivity contribution in [1.29, 1.82) is 0 Å². The molecule has 0 aromatic heterocycles. The number of rotatable bonds is 9. The SMILES string of the molecule is C=C/C=C\C(=C/C)OP1(F)=NP(F)(OC(/C=C\C)=C/C=C\C)=N[PH](CF)=N1. The van der Waals surface area contributed by atoms with E-state index in [9.17, 15) is 4.39 Å². The summed E-state index contributed by atoms with van der Waals surface area (Å²) >= 11 is 0. The van der Waals surface area contributed by atoms with E-state index < -0.39 is 29.8 Å². The first-order valence-electron chi connectivity index (χ1n) is 7.94. The molecule has 0 amide bonds. The van der Waals surface area contributed by atoms with Crippen LogP contribution < -0.4 is 0 Å². The minimum absolute atomic E-state index is 0.0741. The highest BCUT2D eigenvalue weighted by Gasteiger charge is 2.36. The van der Waals surface area contributed by atoms with Gasteiger partial charge in [-0.1, -0.05) is 37.0 Å². The maximum atomic E-state index is 15.2. The van der Waals surface area contributed by atoms with Crippen molar-refractivity contribution in [3.8, 4) is 0 Å². The van der Waals surface area contributed by atoms with Crippen LogP contribution in [0, 0.1) is 0 Å². The number of allylic oxidation sites excluding steroid dienone is 9. The summed E-state index contributed by atoms with van der Waals surface area (Å²) < 4.78 is 64.7. The molecule has 1 aliphatic heterocycles. The van der Waals surface area contributed by atoms with Gasteiger partial charge in [-0.25, -0.2) is 4.39 Å². The molecule has 11 heteroatoms. The van der Waals surface area contributed by atoms with Gasteiger partial charge in [-0.2, -0.15) is 9.03 Å². The molecular weight excluding hydrogens is 416 g/mol. The zero-order chi connectivity index (χ0) is 20.3. The standard InChI is InChI=1S/C16H23F3N3O2P3/c1-5-9-12-15(8-4)23-26(18)20-25(14-17)21-27(19,22-26)24-16(11-7-3)13-10-6-2/h5-13,25H,1,14H2,2-4H3/b10-6-,11-7-,12-9-,15-8+,16-13+. The molecule has 0 aromatic carbocycles. The number of hydrogen-bond acceptors (Lipinski definition) is 5. The maximum absolute atomic E-state index is 15.2. The van der Waals surface area contributed by atoms with E-state index in [1.807, 2.05) is 0 Å². The molecule has 0 saturated heterocycles. The third-order valence-electron chi connectivity index (χ3n) is 2.73. The van der Waals surface area contributed by atoms with Crippen molar-refractivity contribution in [3.63, 3.8) is 0 Å². The number of hydrogen-bond donors (Lipinski definition) is 0. The van der Waals surface area contributed by atoms with E-state index >= 15 is 8.39 Å². The normalized spacial score (nSPS) is 29.5. The number of nitrogens with zero attached hydrogens (tertiary/aromatic N) is 3. The maximum Gasteiger partial charge on any atom is 0.438 e. The summed E-state index contributed by atoms with van der Waals surface area (Å²) in [5.74, 6) is 0.162. The molecule has 1 rings (SSSR count). The molecule has 0 aromatic rings. The Morgan fingerprint density at radius 2 is 1.74 bits per heavy atom. The number of halogens is 3. The highest BCUT2D eigenvalue weighted by atomic mass is 31.3. The fourth-order valence-electron chi connectivity index (χ4n) is 1.69. The lowest BCUT2D eigenvalue weighted by atomic mass is 10.4. The third kappa shape index (κ3) is 7.96. The average molecular weight is 439 g/mol. The molecular formula is C16H23F3N3O2P3. The van der Waals surface area contributed by atoms with Crippen molar-refractivity contribution in [3.05, 3.63) is 72.8 Å². The largest absolute Gasteiger partial charge is 0.438 e. The highest BCUT2D eigenvalue weighted by molar-refractivity contribution is 7.75. The van der Waals surface area contributed by atoms with E-state index in [1.165, 1.54) is 36.5 Å². The molecule has 0 fully saturated rings. The monoisotopic (exact) mass is 439 g/mol. The van der Waals surface area contributed by atoms with Crippen LogP contribution in [0.1, 0.15) is 20.8 Å². The molecule has 5 nitrogen and oxygen atoms in total. The first kappa shape index (κ1) is 23.6. The van der Waals surface area contributed by atoms with Crippen LogP contribution in [0.15, 0.2) is 86.3 Å². The Morgan fingerprint density at radius 1 is 1.04 bits per heavy atom. The second kappa shape index (κ2) is 11.4. The molecule has 0 bridgehead atoms. The Kier molecular flexibility index (Phi) is 9.93. The zero-order valence-electron chi connectivity index (χ0n) is 15.3. The van der Waals surface area contributed by atoms with Gasteiger partial charge in [0.05, 0.1) is 0 Å². The van der Waals surface area contributed by atoms with Crippen molar-refractivity contribution in [2.24, 2.45) is 13.5 Å². The predicted molar refractivity (Wildman–Crippen MR) is 111 cm³/mol. The molecule has 0 N–H and O–H groups in total.